The van der Waals surface area contributed by atoms with Crippen LogP contribution in [-0.4, -0.2) is 15.9 Å². The Kier molecular flexibility index (Phi) is 5.38. The highest BCUT2D eigenvalue weighted by molar-refractivity contribution is 6.35. The Bertz CT molecular complexity index is 896. The third-order valence-corrected chi connectivity index (χ3v) is 3.77. The number of benzene rings is 2. The molecule has 8 heteroatoms. The number of carbonyl (C=O) groups is 1. The molecular formula is C17H11Cl3N4O. The van der Waals surface area contributed by atoms with Gasteiger partial charge in [-0.3, -0.25) is 4.79 Å². The molecule has 0 aliphatic rings. The van der Waals surface area contributed by atoms with E-state index in [4.69, 9.17) is 34.8 Å². The van der Waals surface area contributed by atoms with Crippen molar-refractivity contribution in [1.29, 1.82) is 0 Å². The fraction of sp³-hybridized carbons (Fsp3) is 0. The zero-order valence-electron chi connectivity index (χ0n) is 12.6. The van der Waals surface area contributed by atoms with Crippen LogP contribution in [0.25, 0.3) is 0 Å². The summed E-state index contributed by atoms with van der Waals surface area (Å²) >= 11 is 17.8. The van der Waals surface area contributed by atoms with Crippen molar-refractivity contribution >= 4 is 57.9 Å². The maximum atomic E-state index is 12.2. The first-order chi connectivity index (χ1) is 12.0. The first kappa shape index (κ1) is 17.5. The lowest BCUT2D eigenvalue weighted by atomic mass is 10.3. The van der Waals surface area contributed by atoms with Crippen LogP contribution in [-0.2, 0) is 0 Å². The Morgan fingerprint density at radius 1 is 0.840 bits per heavy atom. The van der Waals surface area contributed by atoms with E-state index in [1.165, 1.54) is 12.4 Å². The Morgan fingerprint density at radius 3 is 2.20 bits per heavy atom. The molecule has 5 nitrogen and oxygen atoms in total. The van der Waals surface area contributed by atoms with Gasteiger partial charge in [-0.25, -0.2) is 9.97 Å². The molecule has 2 aromatic carbocycles. The predicted molar refractivity (Wildman–Crippen MR) is 101 cm³/mol. The SMILES string of the molecule is O=C(Nc1cccc(Cl)c1)c1cnc(Nc2cc(Cl)cc(Cl)c2)cn1. The summed E-state index contributed by atoms with van der Waals surface area (Å²) in [5.41, 5.74) is 1.42. The zero-order chi connectivity index (χ0) is 17.8. The first-order valence-electron chi connectivity index (χ1n) is 7.12. The van der Waals surface area contributed by atoms with Gasteiger partial charge in [0.25, 0.3) is 5.91 Å². The lowest BCUT2D eigenvalue weighted by Gasteiger charge is -2.08. The number of hydrogen-bond acceptors (Lipinski definition) is 4. The highest BCUT2D eigenvalue weighted by atomic mass is 35.5. The average Bonchev–Trinajstić information content (AvgIpc) is 2.54. The van der Waals surface area contributed by atoms with Crippen LogP contribution in [0.2, 0.25) is 15.1 Å². The summed E-state index contributed by atoms with van der Waals surface area (Å²) in [6.45, 7) is 0. The van der Waals surface area contributed by atoms with Crippen LogP contribution >= 0.6 is 34.8 Å². The van der Waals surface area contributed by atoms with Crippen molar-refractivity contribution in [3.63, 3.8) is 0 Å². The second-order valence-electron chi connectivity index (χ2n) is 5.03. The average molecular weight is 394 g/mol. The van der Waals surface area contributed by atoms with Gasteiger partial charge in [-0.05, 0) is 36.4 Å². The molecule has 0 saturated carbocycles. The van der Waals surface area contributed by atoms with Crippen LogP contribution in [0.15, 0.2) is 54.9 Å². The van der Waals surface area contributed by atoms with Crippen molar-refractivity contribution in [3.05, 3.63) is 75.6 Å². The van der Waals surface area contributed by atoms with Crippen molar-refractivity contribution in [1.82, 2.24) is 9.97 Å². The molecule has 3 rings (SSSR count). The van der Waals surface area contributed by atoms with E-state index in [9.17, 15) is 4.79 Å². The molecule has 25 heavy (non-hydrogen) atoms. The second kappa shape index (κ2) is 7.70. The summed E-state index contributed by atoms with van der Waals surface area (Å²) in [5, 5.41) is 7.25. The smallest absolute Gasteiger partial charge is 0.275 e. The van der Waals surface area contributed by atoms with Gasteiger partial charge in [0.1, 0.15) is 11.5 Å². The minimum Gasteiger partial charge on any atom is -0.339 e. The zero-order valence-corrected chi connectivity index (χ0v) is 14.9. The molecule has 126 valence electrons. The molecule has 0 aliphatic carbocycles. The van der Waals surface area contributed by atoms with Gasteiger partial charge in [-0.2, -0.15) is 0 Å². The summed E-state index contributed by atoms with van der Waals surface area (Å²) in [7, 11) is 0. The molecule has 2 N–H and O–H groups in total. The molecule has 1 amide bonds. The maximum Gasteiger partial charge on any atom is 0.275 e. The van der Waals surface area contributed by atoms with Crippen molar-refractivity contribution in [3.8, 4) is 0 Å². The number of nitrogens with one attached hydrogen (secondary N) is 2. The minimum atomic E-state index is -0.382. The number of halogens is 3. The molecule has 0 radical (unpaired) electrons. The number of carbonyl (C=O) groups excluding carboxylic acids is 1. The van der Waals surface area contributed by atoms with Crippen LogP contribution in [0.3, 0.4) is 0 Å². The van der Waals surface area contributed by atoms with Gasteiger partial charge >= 0.3 is 0 Å². The number of hydrogen-bond donors (Lipinski definition) is 2. The molecule has 0 bridgehead atoms. The third kappa shape index (κ3) is 4.82. The summed E-state index contributed by atoms with van der Waals surface area (Å²) in [6, 6.07) is 11.9. The summed E-state index contributed by atoms with van der Waals surface area (Å²) in [6.07, 6.45) is 2.82. The van der Waals surface area contributed by atoms with Gasteiger partial charge < -0.3 is 10.6 Å². The van der Waals surface area contributed by atoms with Gasteiger partial charge in [0.2, 0.25) is 0 Å². The van der Waals surface area contributed by atoms with Crippen LogP contribution < -0.4 is 10.6 Å². The maximum absolute atomic E-state index is 12.2. The standard InChI is InChI=1S/C17H11Cl3N4O/c18-10-2-1-3-13(5-10)24-17(25)15-8-22-16(9-21-15)23-14-6-11(19)4-12(20)7-14/h1-9H,(H,22,23)(H,24,25). The molecular weight excluding hydrogens is 383 g/mol. The molecule has 1 aromatic heterocycles. The van der Waals surface area contributed by atoms with Crippen molar-refractivity contribution in [2.75, 3.05) is 10.6 Å². The van der Waals surface area contributed by atoms with Gasteiger partial charge in [-0.15, -0.1) is 0 Å². The molecule has 0 unspecified atom stereocenters. The summed E-state index contributed by atoms with van der Waals surface area (Å²) in [4.78, 5) is 20.4. The molecule has 1 heterocycles. The fourth-order valence-corrected chi connectivity index (χ4v) is 2.76. The Labute approximate surface area is 159 Å². The van der Waals surface area contributed by atoms with E-state index in [1.54, 1.807) is 42.5 Å². The number of nitrogens with zero attached hydrogens (tertiary/aromatic N) is 2. The van der Waals surface area contributed by atoms with Crippen LogP contribution in [0.4, 0.5) is 17.2 Å². The molecule has 0 spiro atoms. The number of anilines is 3. The van der Waals surface area contributed by atoms with Gasteiger partial charge in [0.15, 0.2) is 0 Å². The van der Waals surface area contributed by atoms with Gasteiger partial charge in [-0.1, -0.05) is 40.9 Å². The molecule has 0 saturated heterocycles. The number of rotatable bonds is 4. The number of amides is 1. The second-order valence-corrected chi connectivity index (χ2v) is 6.34. The van der Waals surface area contributed by atoms with E-state index >= 15 is 0 Å². The van der Waals surface area contributed by atoms with E-state index in [-0.39, 0.29) is 11.6 Å². The van der Waals surface area contributed by atoms with E-state index in [2.05, 4.69) is 20.6 Å². The minimum absolute atomic E-state index is 0.176. The van der Waals surface area contributed by atoms with Crippen LogP contribution in [0.1, 0.15) is 10.5 Å². The van der Waals surface area contributed by atoms with Gasteiger partial charge in [0, 0.05) is 26.4 Å². The monoisotopic (exact) mass is 392 g/mol. The lowest BCUT2D eigenvalue weighted by molar-refractivity contribution is 0.102. The van der Waals surface area contributed by atoms with E-state index < -0.39 is 0 Å². The van der Waals surface area contributed by atoms with Crippen LogP contribution in [0, 0.1) is 0 Å². The topological polar surface area (TPSA) is 66.9 Å². The van der Waals surface area contributed by atoms with Crippen molar-refractivity contribution in [2.45, 2.75) is 0 Å². The largest absolute Gasteiger partial charge is 0.339 e. The Balaban J connectivity index is 1.70. The first-order valence-corrected chi connectivity index (χ1v) is 8.25. The van der Waals surface area contributed by atoms with Crippen molar-refractivity contribution in [2.24, 2.45) is 0 Å². The molecule has 0 aliphatic heterocycles. The van der Waals surface area contributed by atoms with Crippen LogP contribution in [0.5, 0.6) is 0 Å². The quantitative estimate of drug-likeness (QED) is 0.620. The normalized spacial score (nSPS) is 10.4. The molecule has 0 atom stereocenters. The molecule has 3 aromatic rings. The van der Waals surface area contributed by atoms with E-state index in [1.807, 2.05) is 0 Å². The van der Waals surface area contributed by atoms with E-state index in [0.717, 1.165) is 0 Å². The Morgan fingerprint density at radius 2 is 1.56 bits per heavy atom. The molecule has 0 fully saturated rings. The van der Waals surface area contributed by atoms with Gasteiger partial charge in [0.05, 0.1) is 12.4 Å². The third-order valence-electron chi connectivity index (χ3n) is 3.10. The Hall–Kier alpha value is -2.34. The van der Waals surface area contributed by atoms with E-state index in [0.29, 0.717) is 32.3 Å². The number of aromatic nitrogens is 2. The lowest BCUT2D eigenvalue weighted by Crippen LogP contribution is -2.14. The highest BCUT2D eigenvalue weighted by Crippen LogP contribution is 2.24. The summed E-state index contributed by atoms with van der Waals surface area (Å²) in [5.74, 6) is 0.0738. The fourth-order valence-electron chi connectivity index (χ4n) is 2.05. The van der Waals surface area contributed by atoms with Crippen molar-refractivity contribution < 1.29 is 4.79 Å². The predicted octanol–water partition coefficient (Wildman–Crippen LogP) is 5.43. The highest BCUT2D eigenvalue weighted by Gasteiger charge is 2.09. The summed E-state index contributed by atoms with van der Waals surface area (Å²) < 4.78 is 0.